The van der Waals surface area contributed by atoms with Crippen LogP contribution in [0.5, 0.6) is 0 Å². The van der Waals surface area contributed by atoms with E-state index in [1.165, 1.54) is 16.9 Å². The first-order valence-corrected chi connectivity index (χ1v) is 12.0. The summed E-state index contributed by atoms with van der Waals surface area (Å²) in [5.41, 5.74) is -0.191. The monoisotopic (exact) mass is 502 g/mol. The Morgan fingerprint density at radius 3 is 2.53 bits per heavy atom. The van der Waals surface area contributed by atoms with Crippen molar-refractivity contribution in [1.82, 2.24) is 15.1 Å². The molecular weight excluding hydrogens is 472 g/mol. The summed E-state index contributed by atoms with van der Waals surface area (Å²) in [5, 5.41) is 2.40. The molecule has 0 saturated carbocycles. The van der Waals surface area contributed by atoms with E-state index < -0.39 is 53.9 Å². The molecule has 1 aliphatic carbocycles. The van der Waals surface area contributed by atoms with E-state index in [9.17, 15) is 24.0 Å². The highest BCUT2D eigenvalue weighted by molar-refractivity contribution is 6.09. The van der Waals surface area contributed by atoms with E-state index in [1.807, 2.05) is 26.8 Å². The number of methoxy groups -OCH3 is 1. The topological polar surface area (TPSA) is 144 Å². The molecule has 3 heterocycles. The Hall–Kier alpha value is -3.70. The first kappa shape index (κ1) is 25.4. The predicted octanol–water partition coefficient (Wildman–Crippen LogP) is 1.72. The van der Waals surface area contributed by atoms with E-state index in [0.29, 0.717) is 37.1 Å². The lowest BCUT2D eigenvalue weighted by Crippen LogP contribution is -2.60. The Morgan fingerprint density at radius 2 is 1.92 bits per heavy atom. The van der Waals surface area contributed by atoms with E-state index in [4.69, 9.17) is 9.47 Å². The standard InChI is InChI=1S/C24H30N4O8/c1-6-12-13-9-10-14-16(19(31)26-18(14)30)17(13)24(4)21(25-11-15(29)34-5)36-23(33)28(24)20(12)35-22(32)27(7-2)8-3/h9,14,16-17H,6-8,10-11H2,1-5H3,(H,26,30,31)/t14-,16-,17+,24+/m1/s1. The number of aliphatic imine (C=N–C) groups is 1. The zero-order chi connectivity index (χ0) is 26.4. The minimum atomic E-state index is -1.44. The molecule has 0 radical (unpaired) electrons. The van der Waals surface area contributed by atoms with Crippen LogP contribution in [0, 0.1) is 17.8 Å². The Bertz CT molecular complexity index is 1120. The van der Waals surface area contributed by atoms with Crippen LogP contribution in [0.25, 0.3) is 0 Å². The summed E-state index contributed by atoms with van der Waals surface area (Å²) in [5.74, 6) is -3.76. The quantitative estimate of drug-likeness (QED) is 0.328. The summed E-state index contributed by atoms with van der Waals surface area (Å²) < 4.78 is 16.0. The molecule has 3 aliphatic heterocycles. The molecule has 1 N–H and O–H groups in total. The first-order chi connectivity index (χ1) is 17.1. The summed E-state index contributed by atoms with van der Waals surface area (Å²) in [6, 6.07) is 0. The van der Waals surface area contributed by atoms with Gasteiger partial charge < -0.3 is 19.1 Å². The number of carbonyl (C=O) groups is 5. The molecule has 0 aromatic heterocycles. The third kappa shape index (κ3) is 3.66. The molecule has 0 bridgehead atoms. The molecule has 12 nitrogen and oxygen atoms in total. The van der Waals surface area contributed by atoms with Crippen molar-refractivity contribution >= 4 is 35.9 Å². The highest BCUT2D eigenvalue weighted by Crippen LogP contribution is 2.55. The third-order valence-corrected chi connectivity index (χ3v) is 7.42. The summed E-state index contributed by atoms with van der Waals surface area (Å²) >= 11 is 0. The molecule has 2 fully saturated rings. The Balaban J connectivity index is 1.92. The first-order valence-electron chi connectivity index (χ1n) is 12.0. The molecule has 0 aromatic carbocycles. The van der Waals surface area contributed by atoms with Crippen molar-refractivity contribution in [2.75, 3.05) is 26.7 Å². The smallest absolute Gasteiger partial charge is 0.424 e. The maximum absolute atomic E-state index is 13.3. The van der Waals surface area contributed by atoms with Crippen molar-refractivity contribution in [1.29, 1.82) is 0 Å². The zero-order valence-corrected chi connectivity index (χ0v) is 21.0. The maximum atomic E-state index is 13.3. The molecule has 2 saturated heterocycles. The van der Waals surface area contributed by atoms with Crippen molar-refractivity contribution in [2.45, 2.75) is 46.1 Å². The zero-order valence-electron chi connectivity index (χ0n) is 21.0. The number of cyclic esters (lactones) is 1. The highest BCUT2D eigenvalue weighted by Gasteiger charge is 2.67. The number of nitrogens with one attached hydrogen (secondary N) is 1. The van der Waals surface area contributed by atoms with Crippen LogP contribution in [-0.4, -0.2) is 78.0 Å². The number of allylic oxidation sites excluding steroid dienone is 2. The number of esters is 1. The van der Waals surface area contributed by atoms with Crippen LogP contribution < -0.4 is 5.32 Å². The van der Waals surface area contributed by atoms with Gasteiger partial charge in [0.25, 0.3) is 0 Å². The lowest BCUT2D eigenvalue weighted by atomic mass is 9.61. The number of fused-ring (bicyclic) bond motifs is 5. The molecule has 4 atom stereocenters. The fourth-order valence-electron chi connectivity index (χ4n) is 5.64. The largest absolute Gasteiger partial charge is 0.468 e. The van der Waals surface area contributed by atoms with Gasteiger partial charge in [0.1, 0.15) is 12.1 Å². The molecule has 12 heteroatoms. The van der Waals surface area contributed by atoms with E-state index in [2.05, 4.69) is 15.0 Å². The molecule has 36 heavy (non-hydrogen) atoms. The molecule has 0 unspecified atom stereocenters. The second-order valence-electron chi connectivity index (χ2n) is 9.08. The van der Waals surface area contributed by atoms with Crippen LogP contribution in [-0.2, 0) is 28.6 Å². The fraction of sp³-hybridized carbons (Fsp3) is 0.583. The molecular formula is C24H30N4O8. The molecule has 0 aromatic rings. The van der Waals surface area contributed by atoms with E-state index in [-0.39, 0.29) is 17.7 Å². The van der Waals surface area contributed by atoms with Crippen molar-refractivity contribution in [3.8, 4) is 0 Å². The second-order valence-corrected chi connectivity index (χ2v) is 9.08. The summed E-state index contributed by atoms with van der Waals surface area (Å²) in [6.45, 7) is 7.48. The van der Waals surface area contributed by atoms with Crippen LogP contribution in [0.2, 0.25) is 0 Å². The van der Waals surface area contributed by atoms with Crippen LogP contribution in [0.15, 0.2) is 28.1 Å². The molecule has 0 spiro atoms. The van der Waals surface area contributed by atoms with Gasteiger partial charge in [0, 0.05) is 24.6 Å². The van der Waals surface area contributed by atoms with Gasteiger partial charge in [-0.2, -0.15) is 0 Å². The lowest BCUT2D eigenvalue weighted by Gasteiger charge is -2.49. The van der Waals surface area contributed by atoms with Gasteiger partial charge in [-0.25, -0.2) is 19.5 Å². The number of amides is 4. The summed E-state index contributed by atoms with van der Waals surface area (Å²) in [6.07, 6.45) is 1.05. The van der Waals surface area contributed by atoms with Crippen LogP contribution >= 0.6 is 0 Å². The number of ether oxygens (including phenoxy) is 3. The van der Waals surface area contributed by atoms with Crippen molar-refractivity contribution < 1.29 is 38.2 Å². The van der Waals surface area contributed by atoms with Gasteiger partial charge in [-0.05, 0) is 39.2 Å². The summed E-state index contributed by atoms with van der Waals surface area (Å²) in [7, 11) is 1.21. The van der Waals surface area contributed by atoms with Gasteiger partial charge in [-0.1, -0.05) is 13.0 Å². The van der Waals surface area contributed by atoms with Crippen LogP contribution in [0.3, 0.4) is 0 Å². The highest BCUT2D eigenvalue weighted by atomic mass is 16.6. The number of carbonyl (C=O) groups excluding carboxylic acids is 5. The minimum absolute atomic E-state index is 0.00384. The lowest BCUT2D eigenvalue weighted by molar-refractivity contribution is -0.139. The Kier molecular flexibility index (Phi) is 6.63. The molecule has 4 amide bonds. The van der Waals surface area contributed by atoms with Crippen molar-refractivity contribution in [3.63, 3.8) is 0 Å². The Morgan fingerprint density at radius 1 is 1.22 bits per heavy atom. The van der Waals surface area contributed by atoms with Crippen molar-refractivity contribution in [2.24, 2.45) is 22.7 Å². The average Bonchev–Trinajstić information content (AvgIpc) is 3.29. The summed E-state index contributed by atoms with van der Waals surface area (Å²) in [4.78, 5) is 70.5. The van der Waals surface area contributed by atoms with Crippen LogP contribution in [0.1, 0.15) is 40.5 Å². The second kappa shape index (κ2) is 9.40. The van der Waals surface area contributed by atoms with Gasteiger partial charge >= 0.3 is 18.2 Å². The fourth-order valence-corrected chi connectivity index (χ4v) is 5.64. The minimum Gasteiger partial charge on any atom is -0.468 e. The number of hydrogen-bond acceptors (Lipinski definition) is 9. The number of rotatable bonds is 6. The van der Waals surface area contributed by atoms with E-state index >= 15 is 0 Å². The number of hydrogen-bond donors (Lipinski definition) is 1. The third-order valence-electron chi connectivity index (χ3n) is 7.42. The maximum Gasteiger partial charge on any atom is 0.424 e. The molecule has 4 aliphatic rings. The van der Waals surface area contributed by atoms with E-state index in [1.54, 1.807) is 6.92 Å². The number of nitrogens with zero attached hydrogens (tertiary/aromatic N) is 3. The van der Waals surface area contributed by atoms with Gasteiger partial charge in [0.2, 0.25) is 23.6 Å². The predicted molar refractivity (Wildman–Crippen MR) is 124 cm³/mol. The van der Waals surface area contributed by atoms with Crippen molar-refractivity contribution in [3.05, 3.63) is 23.1 Å². The van der Waals surface area contributed by atoms with E-state index in [0.717, 1.165) is 0 Å². The normalized spacial score (nSPS) is 29.8. The Labute approximate surface area is 208 Å². The van der Waals surface area contributed by atoms with Crippen LogP contribution in [0.4, 0.5) is 9.59 Å². The molecule has 194 valence electrons. The van der Waals surface area contributed by atoms with Gasteiger partial charge in [0.15, 0.2) is 0 Å². The SMILES string of the molecule is CCC1=C(OC(=O)N(CC)CC)N2C(=O)OC(=NCC(=O)OC)[C@]2(C)[C@H]2C1=CC[C@H]1C(=O)NC(=O)[C@H]12. The average molecular weight is 503 g/mol. The van der Waals surface area contributed by atoms with Gasteiger partial charge in [-0.3, -0.25) is 19.7 Å². The van der Waals surface area contributed by atoms with Gasteiger partial charge in [0.05, 0.1) is 18.9 Å². The van der Waals surface area contributed by atoms with Gasteiger partial charge in [-0.15, -0.1) is 0 Å². The number of imide groups is 1. The molecule has 4 rings (SSSR count).